The molecule has 0 spiro atoms. The molecule has 1 atom stereocenters. The van der Waals surface area contributed by atoms with Crippen molar-refractivity contribution in [3.63, 3.8) is 0 Å². The molecule has 0 amide bonds. The van der Waals surface area contributed by atoms with Gasteiger partial charge in [-0.1, -0.05) is 15.9 Å². The van der Waals surface area contributed by atoms with E-state index in [4.69, 9.17) is 10.5 Å². The van der Waals surface area contributed by atoms with E-state index in [1.807, 2.05) is 12.1 Å². The number of nitrogens with zero attached hydrogens (tertiary/aromatic N) is 1. The SMILES string of the molecule is COc1ccc(Br)cc1CN(C)C(CN)C1CC1. The maximum atomic E-state index is 5.89. The maximum absolute atomic E-state index is 5.89. The molecule has 1 aromatic carbocycles. The lowest BCUT2D eigenvalue weighted by atomic mass is 10.1. The summed E-state index contributed by atoms with van der Waals surface area (Å²) in [6.07, 6.45) is 2.64. The molecule has 2 N–H and O–H groups in total. The van der Waals surface area contributed by atoms with Crippen LogP contribution in [0, 0.1) is 5.92 Å². The minimum absolute atomic E-state index is 0.494. The molecule has 1 fully saturated rings. The van der Waals surface area contributed by atoms with Gasteiger partial charge in [-0.3, -0.25) is 4.90 Å². The van der Waals surface area contributed by atoms with E-state index in [9.17, 15) is 0 Å². The van der Waals surface area contributed by atoms with Crippen molar-refractivity contribution in [1.82, 2.24) is 4.90 Å². The molecule has 1 aliphatic rings. The van der Waals surface area contributed by atoms with E-state index in [1.165, 1.54) is 18.4 Å². The highest BCUT2D eigenvalue weighted by molar-refractivity contribution is 9.10. The molecule has 4 heteroatoms. The van der Waals surface area contributed by atoms with Gasteiger partial charge in [0.2, 0.25) is 0 Å². The zero-order valence-corrected chi connectivity index (χ0v) is 12.6. The minimum Gasteiger partial charge on any atom is -0.496 e. The van der Waals surface area contributed by atoms with Gasteiger partial charge in [-0.25, -0.2) is 0 Å². The van der Waals surface area contributed by atoms with Gasteiger partial charge in [0, 0.05) is 29.2 Å². The van der Waals surface area contributed by atoms with Crippen LogP contribution in [0.1, 0.15) is 18.4 Å². The average molecular weight is 313 g/mol. The predicted octanol–water partition coefficient (Wildman–Crippen LogP) is 2.63. The van der Waals surface area contributed by atoms with E-state index in [-0.39, 0.29) is 0 Å². The van der Waals surface area contributed by atoms with Crippen LogP contribution < -0.4 is 10.5 Å². The summed E-state index contributed by atoms with van der Waals surface area (Å²) in [5.74, 6) is 1.73. The molecule has 0 aromatic heterocycles. The second-order valence-corrected chi connectivity index (χ2v) is 5.93. The molecule has 2 rings (SSSR count). The monoisotopic (exact) mass is 312 g/mol. The van der Waals surface area contributed by atoms with Crippen molar-refractivity contribution in [3.05, 3.63) is 28.2 Å². The third kappa shape index (κ3) is 3.25. The Morgan fingerprint density at radius 1 is 1.50 bits per heavy atom. The van der Waals surface area contributed by atoms with Gasteiger partial charge in [0.05, 0.1) is 7.11 Å². The minimum atomic E-state index is 0.494. The molecule has 0 bridgehead atoms. The Balaban J connectivity index is 2.09. The number of nitrogens with two attached hydrogens (primary N) is 1. The molecule has 0 heterocycles. The highest BCUT2D eigenvalue weighted by Gasteiger charge is 2.32. The third-order valence-electron chi connectivity index (χ3n) is 3.64. The summed E-state index contributed by atoms with van der Waals surface area (Å²) in [7, 11) is 3.87. The van der Waals surface area contributed by atoms with Crippen molar-refractivity contribution in [2.45, 2.75) is 25.4 Å². The normalized spacial score (nSPS) is 16.9. The number of hydrogen-bond acceptors (Lipinski definition) is 3. The zero-order valence-electron chi connectivity index (χ0n) is 11.0. The lowest BCUT2D eigenvalue weighted by Crippen LogP contribution is -2.39. The topological polar surface area (TPSA) is 38.5 Å². The smallest absolute Gasteiger partial charge is 0.123 e. The zero-order chi connectivity index (χ0) is 13.1. The fraction of sp³-hybridized carbons (Fsp3) is 0.571. The van der Waals surface area contributed by atoms with Crippen molar-refractivity contribution in [1.29, 1.82) is 0 Å². The van der Waals surface area contributed by atoms with Crippen LogP contribution in [0.5, 0.6) is 5.75 Å². The number of likely N-dealkylation sites (N-methyl/N-ethyl adjacent to an activating group) is 1. The predicted molar refractivity (Wildman–Crippen MR) is 77.7 cm³/mol. The van der Waals surface area contributed by atoms with Gasteiger partial charge in [-0.05, 0) is 44.0 Å². The number of ether oxygens (including phenoxy) is 1. The second kappa shape index (κ2) is 6.04. The molecule has 18 heavy (non-hydrogen) atoms. The van der Waals surface area contributed by atoms with E-state index >= 15 is 0 Å². The quantitative estimate of drug-likeness (QED) is 0.877. The van der Waals surface area contributed by atoms with Crippen LogP contribution in [0.4, 0.5) is 0 Å². The summed E-state index contributed by atoms with van der Waals surface area (Å²) in [6, 6.07) is 6.62. The first-order chi connectivity index (χ1) is 8.65. The molecule has 0 radical (unpaired) electrons. The first-order valence-electron chi connectivity index (χ1n) is 6.38. The molecule has 100 valence electrons. The fourth-order valence-electron chi connectivity index (χ4n) is 2.47. The Hall–Kier alpha value is -0.580. The Kier molecular flexibility index (Phi) is 4.65. The van der Waals surface area contributed by atoms with Crippen LogP contribution in [-0.4, -0.2) is 31.6 Å². The van der Waals surface area contributed by atoms with Crippen LogP contribution in [0.25, 0.3) is 0 Å². The molecule has 1 unspecified atom stereocenters. The van der Waals surface area contributed by atoms with Gasteiger partial charge in [-0.2, -0.15) is 0 Å². The number of benzene rings is 1. The van der Waals surface area contributed by atoms with E-state index in [1.54, 1.807) is 7.11 Å². The number of methoxy groups -OCH3 is 1. The summed E-state index contributed by atoms with van der Waals surface area (Å²) >= 11 is 3.51. The lowest BCUT2D eigenvalue weighted by Gasteiger charge is -2.27. The average Bonchev–Trinajstić information content (AvgIpc) is 3.15. The molecule has 0 saturated heterocycles. The molecular formula is C14H21BrN2O. The summed E-state index contributed by atoms with van der Waals surface area (Å²) in [4.78, 5) is 2.35. The van der Waals surface area contributed by atoms with Crippen molar-refractivity contribution in [2.24, 2.45) is 11.7 Å². The van der Waals surface area contributed by atoms with Crippen molar-refractivity contribution in [2.75, 3.05) is 20.7 Å². The van der Waals surface area contributed by atoms with Crippen LogP contribution in [-0.2, 0) is 6.54 Å². The number of halogens is 1. The summed E-state index contributed by atoms with van der Waals surface area (Å²) < 4.78 is 6.50. The number of hydrogen-bond donors (Lipinski definition) is 1. The van der Waals surface area contributed by atoms with Crippen molar-refractivity contribution >= 4 is 15.9 Å². The summed E-state index contributed by atoms with van der Waals surface area (Å²) in [5.41, 5.74) is 7.09. The summed E-state index contributed by atoms with van der Waals surface area (Å²) in [5, 5.41) is 0. The van der Waals surface area contributed by atoms with Gasteiger partial charge in [0.1, 0.15) is 5.75 Å². The fourth-order valence-corrected chi connectivity index (χ4v) is 2.88. The first kappa shape index (κ1) is 13.8. The molecular weight excluding hydrogens is 292 g/mol. The van der Waals surface area contributed by atoms with Gasteiger partial charge in [0.15, 0.2) is 0 Å². The van der Waals surface area contributed by atoms with Gasteiger partial charge in [-0.15, -0.1) is 0 Å². The highest BCUT2D eigenvalue weighted by atomic mass is 79.9. The van der Waals surface area contributed by atoms with E-state index in [2.05, 4.69) is 33.9 Å². The standard InChI is InChI=1S/C14H21BrN2O/c1-17(13(8-16)10-3-4-10)9-11-7-12(15)5-6-14(11)18-2/h5-7,10,13H,3-4,8-9,16H2,1-2H3. The van der Waals surface area contributed by atoms with E-state index in [0.717, 1.165) is 29.2 Å². The van der Waals surface area contributed by atoms with Crippen LogP contribution in [0.2, 0.25) is 0 Å². The lowest BCUT2D eigenvalue weighted by molar-refractivity contribution is 0.213. The van der Waals surface area contributed by atoms with Crippen molar-refractivity contribution < 1.29 is 4.74 Å². The van der Waals surface area contributed by atoms with Crippen LogP contribution >= 0.6 is 15.9 Å². The highest BCUT2D eigenvalue weighted by Crippen LogP contribution is 2.35. The second-order valence-electron chi connectivity index (χ2n) is 5.01. The third-order valence-corrected chi connectivity index (χ3v) is 4.13. The molecule has 0 aliphatic heterocycles. The van der Waals surface area contributed by atoms with Gasteiger partial charge >= 0.3 is 0 Å². The largest absolute Gasteiger partial charge is 0.496 e. The Morgan fingerprint density at radius 3 is 2.78 bits per heavy atom. The first-order valence-corrected chi connectivity index (χ1v) is 7.17. The molecule has 1 aromatic rings. The Bertz CT molecular complexity index is 407. The molecule has 1 aliphatic carbocycles. The van der Waals surface area contributed by atoms with Crippen LogP contribution in [0.15, 0.2) is 22.7 Å². The van der Waals surface area contributed by atoms with Gasteiger partial charge < -0.3 is 10.5 Å². The number of rotatable bonds is 6. The van der Waals surface area contributed by atoms with Crippen molar-refractivity contribution in [3.8, 4) is 5.75 Å². The van der Waals surface area contributed by atoms with E-state index < -0.39 is 0 Å². The Labute approximate surface area is 117 Å². The summed E-state index contributed by atoms with van der Waals surface area (Å²) in [6.45, 7) is 1.61. The van der Waals surface area contributed by atoms with Gasteiger partial charge in [0.25, 0.3) is 0 Å². The maximum Gasteiger partial charge on any atom is 0.123 e. The molecule has 3 nitrogen and oxygen atoms in total. The Morgan fingerprint density at radius 2 is 2.22 bits per heavy atom. The van der Waals surface area contributed by atoms with Crippen LogP contribution in [0.3, 0.4) is 0 Å². The molecule has 1 saturated carbocycles. The van der Waals surface area contributed by atoms with E-state index in [0.29, 0.717) is 6.04 Å².